The van der Waals surface area contributed by atoms with E-state index in [9.17, 15) is 0 Å². The summed E-state index contributed by atoms with van der Waals surface area (Å²) in [5.41, 5.74) is 0. The molecule has 1 aliphatic carbocycles. The SMILES string of the molecule is C[SiH](OC(CO)C1CC1)C(C)(C)C. The van der Waals surface area contributed by atoms with Crippen LogP contribution in [0.3, 0.4) is 0 Å². The molecule has 0 heterocycles. The predicted octanol–water partition coefficient (Wildman–Crippen LogP) is 1.93. The van der Waals surface area contributed by atoms with Gasteiger partial charge in [-0.2, -0.15) is 0 Å². The van der Waals surface area contributed by atoms with Gasteiger partial charge in [-0.25, -0.2) is 0 Å². The fraction of sp³-hybridized carbons (Fsp3) is 1.00. The van der Waals surface area contributed by atoms with Crippen LogP contribution < -0.4 is 0 Å². The van der Waals surface area contributed by atoms with Crippen LogP contribution in [0.15, 0.2) is 0 Å². The summed E-state index contributed by atoms with van der Waals surface area (Å²) in [7, 11) is -1.14. The van der Waals surface area contributed by atoms with E-state index in [1.807, 2.05) is 0 Å². The number of hydrogen-bond acceptors (Lipinski definition) is 2. The van der Waals surface area contributed by atoms with Crippen molar-refractivity contribution in [2.45, 2.75) is 51.3 Å². The van der Waals surface area contributed by atoms with Gasteiger partial charge in [0.05, 0.1) is 12.7 Å². The Morgan fingerprint density at radius 2 is 2.00 bits per heavy atom. The molecule has 2 unspecified atom stereocenters. The van der Waals surface area contributed by atoms with Crippen molar-refractivity contribution in [3.05, 3.63) is 0 Å². The van der Waals surface area contributed by atoms with E-state index in [4.69, 9.17) is 9.53 Å². The summed E-state index contributed by atoms with van der Waals surface area (Å²) >= 11 is 0. The lowest BCUT2D eigenvalue weighted by molar-refractivity contribution is 0.0932. The van der Waals surface area contributed by atoms with Gasteiger partial charge in [0, 0.05) is 0 Å². The molecule has 3 heteroatoms. The predicted molar refractivity (Wildman–Crippen MR) is 57.4 cm³/mol. The normalized spacial score (nSPS) is 22.8. The molecule has 1 N–H and O–H groups in total. The van der Waals surface area contributed by atoms with Crippen molar-refractivity contribution in [1.29, 1.82) is 0 Å². The van der Waals surface area contributed by atoms with Crippen molar-refractivity contribution in [3.63, 3.8) is 0 Å². The third kappa shape index (κ3) is 3.41. The summed E-state index contributed by atoms with van der Waals surface area (Å²) in [6.45, 7) is 9.12. The zero-order valence-electron chi connectivity index (χ0n) is 9.21. The summed E-state index contributed by atoms with van der Waals surface area (Å²) in [6.07, 6.45) is 2.63. The number of aliphatic hydroxyl groups is 1. The Hall–Kier alpha value is 0.137. The van der Waals surface area contributed by atoms with E-state index in [0.717, 1.165) is 0 Å². The molecule has 1 aliphatic rings. The lowest BCUT2D eigenvalue weighted by atomic mass is 10.2. The van der Waals surface area contributed by atoms with E-state index < -0.39 is 9.04 Å². The van der Waals surface area contributed by atoms with Gasteiger partial charge < -0.3 is 9.53 Å². The molecule has 1 saturated carbocycles. The molecular formula is C10H22O2Si. The first-order valence-corrected chi connectivity index (χ1v) is 7.42. The van der Waals surface area contributed by atoms with Crippen LogP contribution in [0.4, 0.5) is 0 Å². The van der Waals surface area contributed by atoms with Gasteiger partial charge in [0.1, 0.15) is 0 Å². The van der Waals surface area contributed by atoms with Crippen LogP contribution in [0.2, 0.25) is 11.6 Å². The highest BCUT2D eigenvalue weighted by atomic mass is 28.3. The Labute approximate surface area is 83.0 Å². The highest BCUT2D eigenvalue weighted by molar-refractivity contribution is 6.53. The molecule has 0 bridgehead atoms. The second-order valence-electron chi connectivity index (χ2n) is 5.20. The Balaban J connectivity index is 2.36. The van der Waals surface area contributed by atoms with Crippen molar-refractivity contribution in [3.8, 4) is 0 Å². The van der Waals surface area contributed by atoms with Gasteiger partial charge in [-0.3, -0.25) is 0 Å². The third-order valence-electron chi connectivity index (χ3n) is 2.93. The second kappa shape index (κ2) is 4.11. The largest absolute Gasteiger partial charge is 0.414 e. The Bertz CT molecular complexity index is 161. The minimum absolute atomic E-state index is 0.140. The summed E-state index contributed by atoms with van der Waals surface area (Å²) in [4.78, 5) is 0. The molecule has 2 nitrogen and oxygen atoms in total. The van der Waals surface area contributed by atoms with Gasteiger partial charge in [0.25, 0.3) is 0 Å². The van der Waals surface area contributed by atoms with Crippen LogP contribution in [0, 0.1) is 5.92 Å². The highest BCUT2D eigenvalue weighted by Crippen LogP contribution is 2.37. The molecular weight excluding hydrogens is 180 g/mol. The van der Waals surface area contributed by atoms with Crippen molar-refractivity contribution in [1.82, 2.24) is 0 Å². The standard InChI is InChI=1S/C10H22O2Si/c1-10(2,3)13(4)12-9(7-11)8-5-6-8/h8-9,11,13H,5-7H2,1-4H3. The van der Waals surface area contributed by atoms with Gasteiger partial charge in [-0.1, -0.05) is 20.8 Å². The van der Waals surface area contributed by atoms with Gasteiger partial charge in [0.2, 0.25) is 0 Å². The van der Waals surface area contributed by atoms with Crippen molar-refractivity contribution < 1.29 is 9.53 Å². The van der Waals surface area contributed by atoms with Crippen molar-refractivity contribution in [2.24, 2.45) is 5.92 Å². The third-order valence-corrected chi connectivity index (χ3v) is 6.12. The minimum atomic E-state index is -1.14. The smallest absolute Gasteiger partial charge is 0.179 e. The first-order valence-electron chi connectivity index (χ1n) is 5.21. The number of rotatable bonds is 4. The van der Waals surface area contributed by atoms with E-state index in [-0.39, 0.29) is 12.7 Å². The fourth-order valence-electron chi connectivity index (χ4n) is 1.24. The monoisotopic (exact) mass is 202 g/mol. The summed E-state index contributed by atoms with van der Waals surface area (Å²) in [5, 5.41) is 9.46. The van der Waals surface area contributed by atoms with Gasteiger partial charge in [0.15, 0.2) is 9.04 Å². The minimum Gasteiger partial charge on any atom is -0.414 e. The van der Waals surface area contributed by atoms with E-state index >= 15 is 0 Å². The van der Waals surface area contributed by atoms with Crippen LogP contribution in [-0.2, 0) is 4.43 Å². The first-order chi connectivity index (χ1) is 5.95. The van der Waals surface area contributed by atoms with E-state index in [1.54, 1.807) is 0 Å². The molecule has 0 aromatic heterocycles. The summed E-state index contributed by atoms with van der Waals surface area (Å²) < 4.78 is 5.98. The van der Waals surface area contributed by atoms with E-state index in [2.05, 4.69) is 27.3 Å². The van der Waals surface area contributed by atoms with Crippen LogP contribution in [-0.4, -0.2) is 26.9 Å². The molecule has 0 saturated heterocycles. The molecule has 1 rings (SSSR count). The topological polar surface area (TPSA) is 29.5 Å². The molecule has 0 radical (unpaired) electrons. The molecule has 2 atom stereocenters. The molecule has 0 aromatic rings. The van der Waals surface area contributed by atoms with Crippen molar-refractivity contribution in [2.75, 3.05) is 6.61 Å². The maximum absolute atomic E-state index is 9.15. The molecule has 0 amide bonds. The first kappa shape index (κ1) is 11.2. The van der Waals surface area contributed by atoms with Gasteiger partial charge in [-0.15, -0.1) is 0 Å². The molecule has 0 aromatic carbocycles. The molecule has 0 spiro atoms. The molecule has 1 fully saturated rings. The van der Waals surface area contributed by atoms with Crippen LogP contribution in [0.1, 0.15) is 33.6 Å². The van der Waals surface area contributed by atoms with E-state index in [1.165, 1.54) is 12.8 Å². The van der Waals surface area contributed by atoms with E-state index in [0.29, 0.717) is 11.0 Å². The zero-order chi connectivity index (χ0) is 10.1. The average Bonchev–Trinajstić information content (AvgIpc) is 2.80. The quantitative estimate of drug-likeness (QED) is 0.706. The Morgan fingerprint density at radius 1 is 1.46 bits per heavy atom. The molecule has 0 aliphatic heterocycles. The lowest BCUT2D eigenvalue weighted by Crippen LogP contribution is -2.34. The number of aliphatic hydroxyl groups excluding tert-OH is 1. The molecule has 78 valence electrons. The van der Waals surface area contributed by atoms with Gasteiger partial charge >= 0.3 is 0 Å². The highest BCUT2D eigenvalue weighted by Gasteiger charge is 2.35. The average molecular weight is 202 g/mol. The second-order valence-corrected chi connectivity index (χ2v) is 8.49. The Kier molecular flexibility index (Phi) is 3.55. The number of hydrogen-bond donors (Lipinski definition) is 1. The Morgan fingerprint density at radius 3 is 2.31 bits per heavy atom. The van der Waals surface area contributed by atoms with Gasteiger partial charge in [-0.05, 0) is 30.3 Å². The van der Waals surface area contributed by atoms with Crippen LogP contribution in [0.25, 0.3) is 0 Å². The van der Waals surface area contributed by atoms with Crippen LogP contribution in [0.5, 0.6) is 0 Å². The maximum atomic E-state index is 9.15. The van der Waals surface area contributed by atoms with Crippen molar-refractivity contribution >= 4 is 9.04 Å². The van der Waals surface area contributed by atoms with Crippen LogP contribution >= 0.6 is 0 Å². The lowest BCUT2D eigenvalue weighted by Gasteiger charge is -2.29. The molecule has 13 heavy (non-hydrogen) atoms. The summed E-state index contributed by atoms with van der Waals surface area (Å²) in [5.74, 6) is 0.655. The maximum Gasteiger partial charge on any atom is 0.179 e. The zero-order valence-corrected chi connectivity index (χ0v) is 10.4. The summed E-state index contributed by atoms with van der Waals surface area (Å²) in [6, 6.07) is 0. The fourth-order valence-corrected chi connectivity index (χ4v) is 2.48.